The second kappa shape index (κ2) is 8.25. The van der Waals surface area contributed by atoms with Crippen LogP contribution >= 0.6 is 0 Å². The molecule has 0 saturated carbocycles. The van der Waals surface area contributed by atoms with E-state index < -0.39 is 0 Å². The molecule has 0 aliphatic carbocycles. The van der Waals surface area contributed by atoms with E-state index in [-0.39, 0.29) is 0 Å². The number of hydrogen-bond donors (Lipinski definition) is 1. The summed E-state index contributed by atoms with van der Waals surface area (Å²) in [6, 6.07) is 0. The lowest BCUT2D eigenvalue weighted by atomic mass is 10.1. The second-order valence-electron chi connectivity index (χ2n) is 4.87. The van der Waals surface area contributed by atoms with Gasteiger partial charge in [-0.2, -0.15) is 0 Å². The van der Waals surface area contributed by atoms with E-state index in [4.69, 9.17) is 4.74 Å². The normalized spacial score (nSPS) is 13.9. The minimum atomic E-state index is 0.362. The molecular weight excluding hydrogens is 174 g/mol. The Morgan fingerprint density at radius 3 is 2.21 bits per heavy atom. The zero-order valence-corrected chi connectivity index (χ0v) is 10.5. The Balaban J connectivity index is 3.22. The van der Waals surface area contributed by atoms with E-state index in [1.54, 1.807) is 0 Å². The first-order valence-electron chi connectivity index (χ1n) is 5.84. The predicted octanol–water partition coefficient (Wildman–Crippen LogP) is 2.68. The van der Waals surface area contributed by atoms with Crippen LogP contribution in [0.4, 0.5) is 0 Å². The molecule has 0 aromatic rings. The van der Waals surface area contributed by atoms with E-state index in [0.29, 0.717) is 12.0 Å². The fraction of sp³-hybridized carbons (Fsp3) is 1.00. The Morgan fingerprint density at radius 2 is 1.71 bits per heavy atom. The summed E-state index contributed by atoms with van der Waals surface area (Å²) in [5, 5.41) is 3.45. The first-order valence-corrected chi connectivity index (χ1v) is 5.84. The van der Waals surface area contributed by atoms with Gasteiger partial charge in [-0.05, 0) is 45.2 Å². The summed E-state index contributed by atoms with van der Waals surface area (Å²) in [6.07, 6.45) is 1.57. The molecule has 0 heterocycles. The molecule has 0 bridgehead atoms. The molecular formula is C12H27NO. The Morgan fingerprint density at radius 1 is 1.07 bits per heavy atom. The number of nitrogens with one attached hydrogen (secondary N) is 1. The van der Waals surface area contributed by atoms with Crippen LogP contribution in [0.2, 0.25) is 0 Å². The summed E-state index contributed by atoms with van der Waals surface area (Å²) >= 11 is 0. The molecule has 1 N–H and O–H groups in total. The summed E-state index contributed by atoms with van der Waals surface area (Å²) in [6.45, 7) is 14.0. The summed E-state index contributed by atoms with van der Waals surface area (Å²) in [7, 11) is 0. The van der Waals surface area contributed by atoms with Gasteiger partial charge in [-0.15, -0.1) is 0 Å². The lowest BCUT2D eigenvalue weighted by molar-refractivity contribution is 0.0534. The summed E-state index contributed by atoms with van der Waals surface area (Å²) in [5.74, 6) is 1.41. The molecule has 0 aliphatic rings. The molecule has 1 atom stereocenters. The van der Waals surface area contributed by atoms with Crippen LogP contribution in [0.25, 0.3) is 0 Å². The van der Waals surface area contributed by atoms with Crippen LogP contribution in [-0.2, 0) is 4.74 Å². The van der Waals surface area contributed by atoms with Crippen molar-refractivity contribution < 1.29 is 4.74 Å². The number of ether oxygens (including phenoxy) is 1. The molecule has 0 spiro atoms. The van der Waals surface area contributed by atoms with Gasteiger partial charge in [-0.25, -0.2) is 0 Å². The lowest BCUT2D eigenvalue weighted by Gasteiger charge is -2.15. The van der Waals surface area contributed by atoms with Crippen molar-refractivity contribution in [3.63, 3.8) is 0 Å². The van der Waals surface area contributed by atoms with E-state index in [9.17, 15) is 0 Å². The molecule has 0 aromatic carbocycles. The van der Waals surface area contributed by atoms with Crippen molar-refractivity contribution >= 4 is 0 Å². The minimum absolute atomic E-state index is 0.362. The van der Waals surface area contributed by atoms with Crippen molar-refractivity contribution in [2.45, 2.75) is 47.1 Å². The van der Waals surface area contributed by atoms with Gasteiger partial charge >= 0.3 is 0 Å². The average molecular weight is 201 g/mol. The zero-order valence-electron chi connectivity index (χ0n) is 10.5. The largest absolute Gasteiger partial charge is 0.379 e. The van der Waals surface area contributed by atoms with Crippen molar-refractivity contribution in [2.75, 3.05) is 19.7 Å². The van der Waals surface area contributed by atoms with Crippen LogP contribution in [0, 0.1) is 11.8 Å². The van der Waals surface area contributed by atoms with Gasteiger partial charge in [0, 0.05) is 6.61 Å². The molecule has 0 aromatic heterocycles. The summed E-state index contributed by atoms with van der Waals surface area (Å²) in [5.41, 5.74) is 0. The Bertz CT molecular complexity index is 123. The van der Waals surface area contributed by atoms with Crippen LogP contribution in [0.15, 0.2) is 0 Å². The topological polar surface area (TPSA) is 21.3 Å². The van der Waals surface area contributed by atoms with Gasteiger partial charge < -0.3 is 10.1 Å². The second-order valence-corrected chi connectivity index (χ2v) is 4.87. The highest BCUT2D eigenvalue weighted by Crippen LogP contribution is 2.03. The highest BCUT2D eigenvalue weighted by atomic mass is 16.5. The van der Waals surface area contributed by atoms with Gasteiger partial charge in [0.2, 0.25) is 0 Å². The average Bonchev–Trinajstić information content (AvgIpc) is 2.08. The monoisotopic (exact) mass is 201 g/mol. The molecule has 2 heteroatoms. The van der Waals surface area contributed by atoms with Gasteiger partial charge in [-0.1, -0.05) is 20.8 Å². The highest BCUT2D eigenvalue weighted by Gasteiger charge is 2.03. The number of rotatable bonds is 8. The van der Waals surface area contributed by atoms with Crippen molar-refractivity contribution in [3.05, 3.63) is 0 Å². The molecule has 0 rings (SSSR count). The van der Waals surface area contributed by atoms with Gasteiger partial charge in [-0.3, -0.25) is 0 Å². The maximum Gasteiger partial charge on any atom is 0.0519 e. The minimum Gasteiger partial charge on any atom is -0.379 e. The number of hydrogen-bond acceptors (Lipinski definition) is 2. The molecule has 1 unspecified atom stereocenters. The highest BCUT2D eigenvalue weighted by molar-refractivity contribution is 4.57. The standard InChI is InChI=1S/C12H27NO/c1-10(2)8-13-7-6-12(5)9-14-11(3)4/h10-13H,6-9H2,1-5H3. The molecule has 0 aliphatic heterocycles. The van der Waals surface area contributed by atoms with Crippen molar-refractivity contribution in [1.29, 1.82) is 0 Å². The van der Waals surface area contributed by atoms with Gasteiger partial charge in [0.05, 0.1) is 6.10 Å². The quantitative estimate of drug-likeness (QED) is 0.610. The van der Waals surface area contributed by atoms with E-state index in [0.717, 1.165) is 25.6 Å². The molecule has 0 fully saturated rings. The molecule has 0 amide bonds. The molecule has 86 valence electrons. The Hall–Kier alpha value is -0.0800. The molecule has 14 heavy (non-hydrogen) atoms. The zero-order chi connectivity index (χ0) is 11.0. The van der Waals surface area contributed by atoms with Crippen LogP contribution in [0.3, 0.4) is 0 Å². The third kappa shape index (κ3) is 10.0. The van der Waals surface area contributed by atoms with Crippen LogP contribution in [-0.4, -0.2) is 25.8 Å². The molecule has 2 nitrogen and oxygen atoms in total. The third-order valence-electron chi connectivity index (χ3n) is 2.08. The van der Waals surface area contributed by atoms with Crippen LogP contribution in [0.1, 0.15) is 41.0 Å². The SMILES string of the molecule is CC(C)CNCCC(C)COC(C)C. The summed E-state index contributed by atoms with van der Waals surface area (Å²) in [4.78, 5) is 0. The van der Waals surface area contributed by atoms with Gasteiger partial charge in [0.1, 0.15) is 0 Å². The maximum absolute atomic E-state index is 5.55. The Kier molecular flexibility index (Phi) is 8.20. The van der Waals surface area contributed by atoms with E-state index in [2.05, 4.69) is 39.9 Å². The third-order valence-corrected chi connectivity index (χ3v) is 2.08. The fourth-order valence-corrected chi connectivity index (χ4v) is 1.18. The first-order chi connectivity index (χ1) is 6.52. The van der Waals surface area contributed by atoms with E-state index in [1.807, 2.05) is 0 Å². The fourth-order valence-electron chi connectivity index (χ4n) is 1.18. The van der Waals surface area contributed by atoms with Gasteiger partial charge in [0.25, 0.3) is 0 Å². The first kappa shape index (κ1) is 13.9. The van der Waals surface area contributed by atoms with Crippen LogP contribution < -0.4 is 5.32 Å². The van der Waals surface area contributed by atoms with Gasteiger partial charge in [0.15, 0.2) is 0 Å². The van der Waals surface area contributed by atoms with Crippen molar-refractivity contribution in [1.82, 2.24) is 5.32 Å². The lowest BCUT2D eigenvalue weighted by Crippen LogP contribution is -2.23. The smallest absolute Gasteiger partial charge is 0.0519 e. The summed E-state index contributed by atoms with van der Waals surface area (Å²) < 4.78 is 5.55. The van der Waals surface area contributed by atoms with E-state index in [1.165, 1.54) is 6.42 Å². The molecule has 0 saturated heterocycles. The van der Waals surface area contributed by atoms with Crippen molar-refractivity contribution in [3.8, 4) is 0 Å². The van der Waals surface area contributed by atoms with Crippen molar-refractivity contribution in [2.24, 2.45) is 11.8 Å². The molecule has 0 radical (unpaired) electrons. The Labute approximate surface area is 89.4 Å². The van der Waals surface area contributed by atoms with E-state index >= 15 is 0 Å². The predicted molar refractivity (Wildman–Crippen MR) is 62.6 cm³/mol. The van der Waals surface area contributed by atoms with Crippen LogP contribution in [0.5, 0.6) is 0 Å². The maximum atomic E-state index is 5.55.